The van der Waals surface area contributed by atoms with Gasteiger partial charge in [0, 0.05) is 15.0 Å². The Kier molecular flexibility index (Phi) is 5.13. The first kappa shape index (κ1) is 13.9. The van der Waals surface area contributed by atoms with Crippen molar-refractivity contribution in [2.75, 3.05) is 6.54 Å². The van der Waals surface area contributed by atoms with Crippen molar-refractivity contribution in [1.82, 2.24) is 5.32 Å². The summed E-state index contributed by atoms with van der Waals surface area (Å²) in [6.07, 6.45) is 2.40. The Morgan fingerprint density at radius 1 is 1.39 bits per heavy atom. The van der Waals surface area contributed by atoms with Crippen molar-refractivity contribution >= 4 is 28.3 Å². The summed E-state index contributed by atoms with van der Waals surface area (Å²) in [6, 6.07) is 4.45. The number of amidine groups is 1. The molecule has 1 aromatic rings. The summed E-state index contributed by atoms with van der Waals surface area (Å²) in [5.41, 5.74) is 0. The summed E-state index contributed by atoms with van der Waals surface area (Å²) in [6.45, 7) is 8.67. The number of hydrogen-bond acceptors (Lipinski definition) is 4. The molecule has 1 aliphatic rings. The van der Waals surface area contributed by atoms with Gasteiger partial charge in [-0.25, -0.2) is 0 Å². The molecule has 1 aliphatic heterocycles. The van der Waals surface area contributed by atoms with E-state index in [0.29, 0.717) is 5.25 Å². The van der Waals surface area contributed by atoms with Crippen LogP contribution in [0.1, 0.15) is 36.9 Å². The second kappa shape index (κ2) is 6.62. The molecule has 0 saturated carbocycles. The molecular formula is C14H22N2S2. The number of thiophene rings is 1. The molecule has 2 nitrogen and oxygen atoms in total. The van der Waals surface area contributed by atoms with Crippen molar-refractivity contribution in [2.24, 2.45) is 10.9 Å². The fourth-order valence-electron chi connectivity index (χ4n) is 2.03. The van der Waals surface area contributed by atoms with Crippen LogP contribution in [-0.2, 0) is 13.0 Å². The molecule has 0 radical (unpaired) electrons. The molecule has 0 saturated heterocycles. The summed E-state index contributed by atoms with van der Waals surface area (Å²) in [5, 5.41) is 5.28. The molecule has 1 atom stereocenters. The molecule has 1 unspecified atom stereocenters. The first-order valence-corrected chi connectivity index (χ1v) is 8.39. The van der Waals surface area contributed by atoms with Gasteiger partial charge in [-0.2, -0.15) is 0 Å². The lowest BCUT2D eigenvalue weighted by molar-refractivity contribution is 0.575. The monoisotopic (exact) mass is 282 g/mol. The minimum Gasteiger partial charge on any atom is -0.360 e. The molecule has 4 heteroatoms. The highest BCUT2D eigenvalue weighted by Crippen LogP contribution is 2.26. The van der Waals surface area contributed by atoms with E-state index in [9.17, 15) is 0 Å². The SMILES string of the molecule is CCc1ccc(CNC2=NCC(CC(C)C)S2)s1. The standard InChI is InChI=1S/C14H22N2S2/c1-4-11-5-6-12(17-11)8-15-14-16-9-13(18-14)7-10(2)3/h5-6,10,13H,4,7-9H2,1-3H3,(H,15,16). The van der Waals surface area contributed by atoms with Gasteiger partial charge in [0.2, 0.25) is 0 Å². The van der Waals surface area contributed by atoms with Crippen LogP contribution >= 0.6 is 23.1 Å². The molecule has 0 aromatic carbocycles. The lowest BCUT2D eigenvalue weighted by Crippen LogP contribution is -2.18. The summed E-state index contributed by atoms with van der Waals surface area (Å²) < 4.78 is 0. The molecule has 100 valence electrons. The molecule has 0 fully saturated rings. The fourth-order valence-corrected chi connectivity index (χ4v) is 4.18. The molecule has 0 aliphatic carbocycles. The first-order valence-electron chi connectivity index (χ1n) is 6.70. The van der Waals surface area contributed by atoms with Crippen LogP contribution in [0, 0.1) is 5.92 Å². The Labute approximate surface area is 118 Å². The number of hydrogen-bond donors (Lipinski definition) is 1. The molecule has 0 amide bonds. The number of nitrogens with one attached hydrogen (secondary N) is 1. The predicted molar refractivity (Wildman–Crippen MR) is 83.7 cm³/mol. The van der Waals surface area contributed by atoms with Gasteiger partial charge in [-0.3, -0.25) is 4.99 Å². The van der Waals surface area contributed by atoms with Crippen molar-refractivity contribution in [2.45, 2.75) is 45.4 Å². The maximum atomic E-state index is 4.59. The largest absolute Gasteiger partial charge is 0.360 e. The van der Waals surface area contributed by atoms with Gasteiger partial charge in [-0.05, 0) is 30.9 Å². The van der Waals surface area contributed by atoms with Gasteiger partial charge >= 0.3 is 0 Å². The average molecular weight is 282 g/mol. The normalized spacial score (nSPS) is 19.3. The molecule has 2 rings (SSSR count). The van der Waals surface area contributed by atoms with E-state index in [2.05, 4.69) is 43.2 Å². The Hall–Kier alpha value is -0.480. The quantitative estimate of drug-likeness (QED) is 0.885. The molecule has 2 heterocycles. The van der Waals surface area contributed by atoms with Crippen LogP contribution in [0.5, 0.6) is 0 Å². The van der Waals surface area contributed by atoms with Crippen LogP contribution in [0.2, 0.25) is 0 Å². The molecular weight excluding hydrogens is 260 g/mol. The second-order valence-electron chi connectivity index (χ2n) is 5.09. The van der Waals surface area contributed by atoms with Gasteiger partial charge < -0.3 is 5.32 Å². The molecule has 1 aromatic heterocycles. The van der Waals surface area contributed by atoms with Gasteiger partial charge in [0.25, 0.3) is 0 Å². The summed E-state index contributed by atoms with van der Waals surface area (Å²) in [5.74, 6) is 0.765. The van der Waals surface area contributed by atoms with Gasteiger partial charge in [0.1, 0.15) is 0 Å². The van der Waals surface area contributed by atoms with Crippen LogP contribution in [-0.4, -0.2) is 17.0 Å². The van der Waals surface area contributed by atoms with Crippen LogP contribution in [0.15, 0.2) is 17.1 Å². The molecule has 1 N–H and O–H groups in total. The number of nitrogens with zero attached hydrogens (tertiary/aromatic N) is 1. The van der Waals surface area contributed by atoms with E-state index in [1.165, 1.54) is 16.2 Å². The van der Waals surface area contributed by atoms with E-state index in [1.807, 2.05) is 23.1 Å². The highest BCUT2D eigenvalue weighted by atomic mass is 32.2. The third kappa shape index (κ3) is 4.02. The highest BCUT2D eigenvalue weighted by molar-refractivity contribution is 8.14. The first-order chi connectivity index (χ1) is 8.67. The predicted octanol–water partition coefficient (Wildman–Crippen LogP) is 3.92. The van der Waals surface area contributed by atoms with Crippen molar-refractivity contribution < 1.29 is 0 Å². The summed E-state index contributed by atoms with van der Waals surface area (Å²) in [4.78, 5) is 7.45. The van der Waals surface area contributed by atoms with Crippen molar-refractivity contribution in [3.8, 4) is 0 Å². The Morgan fingerprint density at radius 2 is 2.17 bits per heavy atom. The lowest BCUT2D eigenvalue weighted by Gasteiger charge is -2.10. The maximum Gasteiger partial charge on any atom is 0.157 e. The number of aliphatic imine (C=N–C) groups is 1. The topological polar surface area (TPSA) is 24.4 Å². The third-order valence-electron chi connectivity index (χ3n) is 2.93. The van der Waals surface area contributed by atoms with Crippen LogP contribution in [0.3, 0.4) is 0 Å². The van der Waals surface area contributed by atoms with Gasteiger partial charge in [0.05, 0.1) is 13.1 Å². The van der Waals surface area contributed by atoms with E-state index in [1.54, 1.807) is 0 Å². The summed E-state index contributed by atoms with van der Waals surface area (Å²) >= 11 is 3.82. The highest BCUT2D eigenvalue weighted by Gasteiger charge is 2.20. The van der Waals surface area contributed by atoms with E-state index in [0.717, 1.165) is 30.6 Å². The fraction of sp³-hybridized carbons (Fsp3) is 0.643. The molecule has 18 heavy (non-hydrogen) atoms. The minimum absolute atomic E-state index is 0.682. The van der Waals surface area contributed by atoms with E-state index < -0.39 is 0 Å². The van der Waals surface area contributed by atoms with Gasteiger partial charge in [-0.15, -0.1) is 11.3 Å². The Balaban J connectivity index is 1.75. The number of rotatable bonds is 5. The van der Waals surface area contributed by atoms with Crippen LogP contribution in [0.4, 0.5) is 0 Å². The van der Waals surface area contributed by atoms with Crippen molar-refractivity contribution in [3.63, 3.8) is 0 Å². The zero-order valence-corrected chi connectivity index (χ0v) is 13.0. The smallest absolute Gasteiger partial charge is 0.157 e. The van der Waals surface area contributed by atoms with Crippen LogP contribution in [0.25, 0.3) is 0 Å². The zero-order valence-electron chi connectivity index (χ0n) is 11.4. The Bertz CT molecular complexity index is 410. The average Bonchev–Trinajstić information content (AvgIpc) is 2.94. The molecule has 0 bridgehead atoms. The maximum absolute atomic E-state index is 4.59. The van der Waals surface area contributed by atoms with Crippen molar-refractivity contribution in [3.05, 3.63) is 21.9 Å². The second-order valence-corrected chi connectivity index (χ2v) is 7.63. The van der Waals surface area contributed by atoms with Gasteiger partial charge in [0.15, 0.2) is 5.17 Å². The number of aryl methyl sites for hydroxylation is 1. The zero-order chi connectivity index (χ0) is 13.0. The lowest BCUT2D eigenvalue weighted by atomic mass is 10.1. The van der Waals surface area contributed by atoms with Gasteiger partial charge in [-0.1, -0.05) is 32.5 Å². The van der Waals surface area contributed by atoms with Crippen molar-refractivity contribution in [1.29, 1.82) is 0 Å². The van der Waals surface area contributed by atoms with Crippen LogP contribution < -0.4 is 5.32 Å². The van der Waals surface area contributed by atoms with E-state index in [-0.39, 0.29) is 0 Å². The van der Waals surface area contributed by atoms with E-state index in [4.69, 9.17) is 0 Å². The third-order valence-corrected chi connectivity index (χ3v) is 5.33. The number of thioether (sulfide) groups is 1. The Morgan fingerprint density at radius 3 is 2.83 bits per heavy atom. The molecule has 0 spiro atoms. The van der Waals surface area contributed by atoms with E-state index >= 15 is 0 Å². The summed E-state index contributed by atoms with van der Waals surface area (Å²) in [7, 11) is 0. The minimum atomic E-state index is 0.682.